The summed E-state index contributed by atoms with van der Waals surface area (Å²) >= 11 is 1.60. The minimum absolute atomic E-state index is 1.24. The molecular weight excluding hydrogens is 199 g/mol. The van der Waals surface area contributed by atoms with Gasteiger partial charge in [-0.05, 0) is 0 Å². The molecule has 0 nitrogen and oxygen atoms in total. The molecule has 0 atom stereocenters. The Bertz CT molecular complexity index is 187. The van der Waals surface area contributed by atoms with E-state index < -0.39 is 0 Å². The molecule has 0 saturated heterocycles. The van der Waals surface area contributed by atoms with Crippen molar-refractivity contribution in [3.05, 3.63) is 20.5 Å². The van der Waals surface area contributed by atoms with E-state index in [0.29, 0.717) is 0 Å². The molecule has 0 saturated carbocycles. The minimum atomic E-state index is 1.24. The molecule has 1 aliphatic rings. The molecule has 1 heteroatoms. The van der Waals surface area contributed by atoms with Crippen molar-refractivity contribution in [1.29, 1.82) is 0 Å². The summed E-state index contributed by atoms with van der Waals surface area (Å²) in [6.45, 7) is 4.48. The number of hydrogen-bond acceptors (Lipinski definition) is 0. The van der Waals surface area contributed by atoms with Gasteiger partial charge in [0, 0.05) is 0 Å². The average Bonchev–Trinajstić information content (AvgIpc) is 2.20. The Morgan fingerprint density at radius 3 is 2.70 bits per heavy atom. The molecule has 0 heterocycles. The Labute approximate surface area is 78.2 Å². The van der Waals surface area contributed by atoms with E-state index in [1.165, 1.54) is 24.8 Å². The predicted octanol–water partition coefficient (Wildman–Crippen LogP) is 2.94. The Kier molecular flexibility index (Phi) is 3.10. The molecular formula is C9H13Zr. The fourth-order valence-corrected chi connectivity index (χ4v) is 2.10. The van der Waals surface area contributed by atoms with Crippen molar-refractivity contribution in [2.24, 2.45) is 0 Å². The first-order valence-electron chi connectivity index (χ1n) is 3.86. The first kappa shape index (κ1) is 8.46. The molecule has 1 aliphatic carbocycles. The zero-order valence-electron chi connectivity index (χ0n) is 6.70. The van der Waals surface area contributed by atoms with Crippen LogP contribution in [0, 0.1) is 0 Å². The van der Waals surface area contributed by atoms with Crippen LogP contribution in [-0.4, -0.2) is 0 Å². The van der Waals surface area contributed by atoms with Crippen LogP contribution in [0.3, 0.4) is 0 Å². The van der Waals surface area contributed by atoms with Crippen LogP contribution in [0.25, 0.3) is 0 Å². The average molecular weight is 212 g/mol. The summed E-state index contributed by atoms with van der Waals surface area (Å²) in [6, 6.07) is 0. The van der Waals surface area contributed by atoms with Crippen LogP contribution < -0.4 is 0 Å². The van der Waals surface area contributed by atoms with Gasteiger partial charge in [0.1, 0.15) is 0 Å². The summed E-state index contributed by atoms with van der Waals surface area (Å²) in [6.07, 6.45) is 6.21. The van der Waals surface area contributed by atoms with Crippen LogP contribution in [0.2, 0.25) is 0 Å². The van der Waals surface area contributed by atoms with Crippen LogP contribution in [-0.2, 0) is 24.7 Å². The summed E-state index contributed by atoms with van der Waals surface area (Å²) in [4.78, 5) is 0. The number of rotatable bonds is 2. The van der Waals surface area contributed by atoms with Gasteiger partial charge >= 0.3 is 78.3 Å². The van der Waals surface area contributed by atoms with Crippen LogP contribution in [0.4, 0.5) is 0 Å². The molecule has 0 spiro atoms. The Balaban J connectivity index is 2.64. The second-order valence-electron chi connectivity index (χ2n) is 2.82. The van der Waals surface area contributed by atoms with Gasteiger partial charge in [0.25, 0.3) is 0 Å². The van der Waals surface area contributed by atoms with Crippen LogP contribution in [0.5, 0.6) is 0 Å². The zero-order chi connectivity index (χ0) is 7.56. The number of hydrogen-bond donors (Lipinski definition) is 0. The molecule has 0 aromatic heterocycles. The molecule has 0 amide bonds. The van der Waals surface area contributed by atoms with Crippen LogP contribution >= 0.6 is 0 Å². The third-order valence-corrected chi connectivity index (χ3v) is 3.79. The Hall–Kier alpha value is 0.363. The fourth-order valence-electron chi connectivity index (χ4n) is 1.29. The van der Waals surface area contributed by atoms with E-state index in [4.69, 9.17) is 0 Å². The standard InChI is InChI=1S/C9H13.Zr/c1-3-4-9-6-5-8(2)7-9;/h5H,3-4,6H2,1-2H3;. The Morgan fingerprint density at radius 2 is 2.30 bits per heavy atom. The SMILES string of the molecule is CCCC1=[C]([Zr])C(C)=CC1. The molecule has 0 bridgehead atoms. The van der Waals surface area contributed by atoms with Crippen molar-refractivity contribution in [3.8, 4) is 0 Å². The van der Waals surface area contributed by atoms with Gasteiger partial charge < -0.3 is 0 Å². The molecule has 0 aromatic carbocycles. The summed E-state index contributed by atoms with van der Waals surface area (Å²) in [5.74, 6) is 0. The topological polar surface area (TPSA) is 0 Å². The van der Waals surface area contributed by atoms with Crippen molar-refractivity contribution in [2.75, 3.05) is 0 Å². The Morgan fingerprint density at radius 1 is 1.60 bits per heavy atom. The molecule has 0 radical (unpaired) electrons. The van der Waals surface area contributed by atoms with E-state index in [0.717, 1.165) is 0 Å². The molecule has 0 aliphatic heterocycles. The molecule has 0 aromatic rings. The van der Waals surface area contributed by atoms with Crippen molar-refractivity contribution in [3.63, 3.8) is 0 Å². The molecule has 10 heavy (non-hydrogen) atoms. The summed E-state index contributed by atoms with van der Waals surface area (Å²) in [5, 5.41) is 0. The third-order valence-electron chi connectivity index (χ3n) is 1.95. The van der Waals surface area contributed by atoms with E-state index in [2.05, 4.69) is 19.9 Å². The maximum absolute atomic E-state index is 2.36. The van der Waals surface area contributed by atoms with E-state index in [1.807, 2.05) is 0 Å². The normalized spacial score (nSPS) is 17.9. The molecule has 0 fully saturated rings. The van der Waals surface area contributed by atoms with E-state index in [-0.39, 0.29) is 0 Å². The van der Waals surface area contributed by atoms with Gasteiger partial charge in [0.15, 0.2) is 0 Å². The fraction of sp³-hybridized carbons (Fsp3) is 0.556. The first-order valence-corrected chi connectivity index (χ1v) is 5.09. The van der Waals surface area contributed by atoms with Crippen molar-refractivity contribution < 1.29 is 24.7 Å². The quantitative estimate of drug-likeness (QED) is 0.660. The van der Waals surface area contributed by atoms with Gasteiger partial charge in [-0.2, -0.15) is 0 Å². The summed E-state index contributed by atoms with van der Waals surface area (Å²) in [7, 11) is 0. The predicted molar refractivity (Wildman–Crippen MR) is 40.3 cm³/mol. The van der Waals surface area contributed by atoms with Gasteiger partial charge in [-0.3, -0.25) is 0 Å². The molecule has 53 valence electrons. The molecule has 1 rings (SSSR count). The third kappa shape index (κ3) is 1.69. The second kappa shape index (κ2) is 3.67. The van der Waals surface area contributed by atoms with Gasteiger partial charge in [-0.25, -0.2) is 0 Å². The van der Waals surface area contributed by atoms with Crippen LogP contribution in [0.15, 0.2) is 20.5 Å². The van der Waals surface area contributed by atoms with Gasteiger partial charge in [-0.1, -0.05) is 0 Å². The van der Waals surface area contributed by atoms with Gasteiger partial charge in [0.2, 0.25) is 0 Å². The van der Waals surface area contributed by atoms with E-state index in [1.54, 1.807) is 33.6 Å². The van der Waals surface area contributed by atoms with Crippen molar-refractivity contribution >= 4 is 0 Å². The zero-order valence-corrected chi connectivity index (χ0v) is 9.16. The molecule has 0 N–H and O–H groups in total. The first-order chi connectivity index (χ1) is 4.75. The van der Waals surface area contributed by atoms with Gasteiger partial charge in [-0.15, -0.1) is 0 Å². The maximum atomic E-state index is 2.36. The van der Waals surface area contributed by atoms with Gasteiger partial charge in [0.05, 0.1) is 0 Å². The summed E-state index contributed by atoms with van der Waals surface area (Å²) < 4.78 is 1.63. The number of allylic oxidation sites excluding steroid dienone is 4. The van der Waals surface area contributed by atoms with Crippen molar-refractivity contribution in [2.45, 2.75) is 33.1 Å². The van der Waals surface area contributed by atoms with Crippen molar-refractivity contribution in [1.82, 2.24) is 0 Å². The molecule has 0 unspecified atom stereocenters. The summed E-state index contributed by atoms with van der Waals surface area (Å²) in [5.41, 5.74) is 3.22. The van der Waals surface area contributed by atoms with E-state index in [9.17, 15) is 0 Å². The monoisotopic (exact) mass is 211 g/mol. The van der Waals surface area contributed by atoms with Crippen LogP contribution in [0.1, 0.15) is 33.1 Å². The van der Waals surface area contributed by atoms with E-state index >= 15 is 0 Å². The second-order valence-corrected chi connectivity index (χ2v) is 4.05.